The van der Waals surface area contributed by atoms with Crippen LogP contribution in [0.15, 0.2) is 12.2 Å². The molecule has 0 aromatic carbocycles. The van der Waals surface area contributed by atoms with Crippen molar-refractivity contribution in [1.29, 1.82) is 0 Å². The van der Waals surface area contributed by atoms with Crippen molar-refractivity contribution >= 4 is 13.8 Å². The van der Waals surface area contributed by atoms with Gasteiger partial charge in [-0.3, -0.25) is 9.05 Å². The summed E-state index contributed by atoms with van der Waals surface area (Å²) in [5, 5.41) is 0. The quantitative estimate of drug-likeness (QED) is 0.501. The predicted octanol–water partition coefficient (Wildman–Crippen LogP) is 1.51. The topological polar surface area (TPSA) is 61.8 Å². The third-order valence-electron chi connectivity index (χ3n) is 0.990. The van der Waals surface area contributed by atoms with E-state index in [-0.39, 0.29) is 5.57 Å². The predicted molar refractivity (Wildman–Crippen MR) is 42.5 cm³/mol. The monoisotopic (exact) mass is 194 g/mol. The molecule has 0 aromatic heterocycles. The Morgan fingerprint density at radius 3 is 2.00 bits per heavy atom. The van der Waals surface area contributed by atoms with Crippen LogP contribution in [-0.4, -0.2) is 20.2 Å². The van der Waals surface area contributed by atoms with Crippen molar-refractivity contribution < 1.29 is 22.9 Å². The standard InChI is InChI=1S/C6H11O5P/c1-5(2)6(7)11-12(8,9-3)10-4/h1H2,2-4H3. The summed E-state index contributed by atoms with van der Waals surface area (Å²) in [5.74, 6) is -0.804. The van der Waals surface area contributed by atoms with Crippen LogP contribution in [0.1, 0.15) is 6.92 Å². The van der Waals surface area contributed by atoms with E-state index in [2.05, 4.69) is 20.2 Å². The second-order valence-corrected chi connectivity index (χ2v) is 3.78. The van der Waals surface area contributed by atoms with Crippen LogP contribution >= 0.6 is 7.82 Å². The molecule has 12 heavy (non-hydrogen) atoms. The Morgan fingerprint density at radius 2 is 1.75 bits per heavy atom. The van der Waals surface area contributed by atoms with Crippen molar-refractivity contribution in [1.82, 2.24) is 0 Å². The molecule has 0 aliphatic carbocycles. The van der Waals surface area contributed by atoms with Gasteiger partial charge >= 0.3 is 13.8 Å². The van der Waals surface area contributed by atoms with Crippen LogP contribution in [-0.2, 0) is 22.9 Å². The maximum absolute atomic E-state index is 11.1. The highest BCUT2D eigenvalue weighted by atomic mass is 31.2. The Morgan fingerprint density at radius 1 is 1.33 bits per heavy atom. The average molecular weight is 194 g/mol. The minimum absolute atomic E-state index is 0.129. The molecule has 0 saturated carbocycles. The van der Waals surface area contributed by atoms with E-state index in [1.165, 1.54) is 6.92 Å². The van der Waals surface area contributed by atoms with Gasteiger partial charge in [0.25, 0.3) is 0 Å². The van der Waals surface area contributed by atoms with E-state index >= 15 is 0 Å². The molecule has 0 bridgehead atoms. The summed E-state index contributed by atoms with van der Waals surface area (Å²) in [4.78, 5) is 10.8. The molecular weight excluding hydrogens is 183 g/mol. The summed E-state index contributed by atoms with van der Waals surface area (Å²) in [5.41, 5.74) is 0.129. The molecule has 0 fully saturated rings. The van der Waals surface area contributed by atoms with Crippen LogP contribution in [0.4, 0.5) is 0 Å². The van der Waals surface area contributed by atoms with Crippen LogP contribution in [0, 0.1) is 0 Å². The second-order valence-electron chi connectivity index (χ2n) is 1.97. The van der Waals surface area contributed by atoms with E-state index in [9.17, 15) is 9.36 Å². The van der Waals surface area contributed by atoms with E-state index in [4.69, 9.17) is 0 Å². The Hall–Kier alpha value is -0.640. The zero-order valence-corrected chi connectivity index (χ0v) is 8.09. The van der Waals surface area contributed by atoms with E-state index in [1.807, 2.05) is 0 Å². The highest BCUT2D eigenvalue weighted by molar-refractivity contribution is 7.49. The van der Waals surface area contributed by atoms with Gasteiger partial charge < -0.3 is 4.52 Å². The van der Waals surface area contributed by atoms with Gasteiger partial charge in [-0.25, -0.2) is 9.36 Å². The van der Waals surface area contributed by atoms with E-state index in [1.54, 1.807) is 0 Å². The number of rotatable bonds is 4. The molecule has 0 atom stereocenters. The molecule has 5 nitrogen and oxygen atoms in total. The smallest absolute Gasteiger partial charge is 0.367 e. The van der Waals surface area contributed by atoms with Crippen molar-refractivity contribution in [2.75, 3.05) is 14.2 Å². The lowest BCUT2D eigenvalue weighted by atomic mass is 10.4. The number of hydrogen-bond acceptors (Lipinski definition) is 5. The van der Waals surface area contributed by atoms with Crippen LogP contribution in [0.5, 0.6) is 0 Å². The van der Waals surface area contributed by atoms with Gasteiger partial charge in [-0.15, -0.1) is 0 Å². The summed E-state index contributed by atoms with van der Waals surface area (Å²) in [6, 6.07) is 0. The molecular formula is C6H11O5P. The molecule has 70 valence electrons. The van der Waals surface area contributed by atoms with Crippen molar-refractivity contribution in [2.24, 2.45) is 0 Å². The average Bonchev–Trinajstić information content (AvgIpc) is 2.04. The lowest BCUT2D eigenvalue weighted by Crippen LogP contribution is -2.05. The molecule has 0 saturated heterocycles. The molecule has 0 spiro atoms. The number of carbonyl (C=O) groups is 1. The van der Waals surface area contributed by atoms with Gasteiger partial charge in [0, 0.05) is 19.8 Å². The van der Waals surface area contributed by atoms with Gasteiger partial charge in [-0.2, -0.15) is 0 Å². The van der Waals surface area contributed by atoms with Crippen molar-refractivity contribution in [3.05, 3.63) is 12.2 Å². The van der Waals surface area contributed by atoms with Gasteiger partial charge in [-0.05, 0) is 6.92 Å². The third kappa shape index (κ3) is 3.17. The first-order valence-corrected chi connectivity index (χ1v) is 4.52. The Bertz CT molecular complexity index is 226. The van der Waals surface area contributed by atoms with Gasteiger partial charge in [0.05, 0.1) is 0 Å². The molecule has 0 amide bonds. The highest BCUT2D eigenvalue weighted by Gasteiger charge is 2.27. The van der Waals surface area contributed by atoms with Crippen LogP contribution in [0.3, 0.4) is 0 Å². The molecule has 0 unspecified atom stereocenters. The normalized spacial score (nSPS) is 10.9. The fourth-order valence-corrected chi connectivity index (χ4v) is 0.986. The van der Waals surface area contributed by atoms with Crippen LogP contribution < -0.4 is 0 Å². The second kappa shape index (κ2) is 4.40. The molecule has 0 aliphatic heterocycles. The fraction of sp³-hybridized carbons (Fsp3) is 0.500. The van der Waals surface area contributed by atoms with Crippen LogP contribution in [0.25, 0.3) is 0 Å². The maximum atomic E-state index is 11.1. The van der Waals surface area contributed by atoms with Gasteiger partial charge in [0.15, 0.2) is 0 Å². The number of phosphoric ester groups is 1. The molecule has 0 radical (unpaired) electrons. The summed E-state index contributed by atoms with van der Waals surface area (Å²) >= 11 is 0. The molecule has 0 N–H and O–H groups in total. The fourth-order valence-electron chi connectivity index (χ4n) is 0.329. The molecule has 0 aromatic rings. The van der Waals surface area contributed by atoms with E-state index in [0.717, 1.165) is 14.2 Å². The number of hydrogen-bond donors (Lipinski definition) is 0. The first-order chi connectivity index (χ1) is 5.45. The zero-order chi connectivity index (χ0) is 9.78. The Balaban J connectivity index is 4.32. The van der Waals surface area contributed by atoms with Crippen LogP contribution in [0.2, 0.25) is 0 Å². The maximum Gasteiger partial charge on any atom is 0.531 e. The molecule has 0 heterocycles. The largest absolute Gasteiger partial charge is 0.531 e. The minimum Gasteiger partial charge on any atom is -0.367 e. The van der Waals surface area contributed by atoms with Crippen molar-refractivity contribution in [2.45, 2.75) is 6.92 Å². The van der Waals surface area contributed by atoms with E-state index in [0.29, 0.717) is 0 Å². The number of phosphoric acid groups is 1. The van der Waals surface area contributed by atoms with E-state index < -0.39 is 13.8 Å². The zero-order valence-electron chi connectivity index (χ0n) is 7.20. The minimum atomic E-state index is -3.70. The summed E-state index contributed by atoms with van der Waals surface area (Å²) in [6.07, 6.45) is 0. The van der Waals surface area contributed by atoms with Crippen molar-refractivity contribution in [3.8, 4) is 0 Å². The van der Waals surface area contributed by atoms with Gasteiger partial charge in [-0.1, -0.05) is 6.58 Å². The summed E-state index contributed by atoms with van der Waals surface area (Å²) < 4.78 is 24.2. The Kier molecular flexibility index (Phi) is 4.17. The first-order valence-electron chi connectivity index (χ1n) is 3.06. The molecule has 6 heteroatoms. The lowest BCUT2D eigenvalue weighted by Gasteiger charge is -2.12. The SMILES string of the molecule is C=C(C)C(=O)OP(=O)(OC)OC. The first kappa shape index (κ1) is 11.4. The lowest BCUT2D eigenvalue weighted by molar-refractivity contribution is -0.131. The third-order valence-corrected chi connectivity index (χ3v) is 2.27. The highest BCUT2D eigenvalue weighted by Crippen LogP contribution is 2.47. The number of carbonyl (C=O) groups excluding carboxylic acids is 1. The summed E-state index contributed by atoms with van der Waals surface area (Å²) in [6.45, 7) is 4.73. The molecule has 0 aliphatic rings. The Labute approximate surface area is 70.9 Å². The van der Waals surface area contributed by atoms with Crippen molar-refractivity contribution in [3.63, 3.8) is 0 Å². The molecule has 0 rings (SSSR count). The summed E-state index contributed by atoms with van der Waals surface area (Å²) in [7, 11) is -1.46. The van der Waals surface area contributed by atoms with Gasteiger partial charge in [0.2, 0.25) is 0 Å². The van der Waals surface area contributed by atoms with Gasteiger partial charge in [0.1, 0.15) is 0 Å².